The number of carbonyl (C=O) groups is 1. The lowest BCUT2D eigenvalue weighted by Gasteiger charge is -2.24. The van der Waals surface area contributed by atoms with Crippen molar-refractivity contribution in [2.75, 3.05) is 46.9 Å². The number of rotatable bonds is 10. The first-order chi connectivity index (χ1) is 14.0. The first kappa shape index (κ1) is 23.2. The Labute approximate surface area is 174 Å². The Bertz CT molecular complexity index is 616. The number of nitrogens with zero attached hydrogens (tertiary/aromatic N) is 2. The predicted molar refractivity (Wildman–Crippen MR) is 116 cm³/mol. The van der Waals surface area contributed by atoms with Crippen LogP contribution in [0.2, 0.25) is 0 Å². The van der Waals surface area contributed by atoms with E-state index in [0.29, 0.717) is 38.2 Å². The van der Waals surface area contributed by atoms with Gasteiger partial charge in [-0.3, -0.25) is 4.79 Å². The van der Waals surface area contributed by atoms with Crippen LogP contribution in [0.15, 0.2) is 35.3 Å². The molecule has 0 saturated carbocycles. The van der Waals surface area contributed by atoms with E-state index in [9.17, 15) is 4.79 Å². The van der Waals surface area contributed by atoms with E-state index < -0.39 is 0 Å². The van der Waals surface area contributed by atoms with Crippen LogP contribution in [0.1, 0.15) is 31.7 Å². The monoisotopic (exact) mass is 404 g/mol. The van der Waals surface area contributed by atoms with Crippen LogP contribution in [0.3, 0.4) is 0 Å². The minimum Gasteiger partial charge on any atom is -0.376 e. The van der Waals surface area contributed by atoms with Crippen LogP contribution in [-0.2, 0) is 20.9 Å². The highest BCUT2D eigenvalue weighted by Crippen LogP contribution is 2.11. The summed E-state index contributed by atoms with van der Waals surface area (Å²) in [6.07, 6.45) is 3.59. The molecule has 0 bridgehead atoms. The van der Waals surface area contributed by atoms with Crippen LogP contribution in [0.4, 0.5) is 0 Å². The molecule has 162 valence electrons. The molecule has 7 heteroatoms. The lowest BCUT2D eigenvalue weighted by Crippen LogP contribution is -2.44. The molecule has 2 N–H and O–H groups in total. The average Bonchev–Trinajstić information content (AvgIpc) is 2.74. The van der Waals surface area contributed by atoms with Crippen LogP contribution < -0.4 is 10.6 Å². The van der Waals surface area contributed by atoms with Gasteiger partial charge in [-0.05, 0) is 30.7 Å². The predicted octanol–water partition coefficient (Wildman–Crippen LogP) is 2.03. The van der Waals surface area contributed by atoms with Crippen molar-refractivity contribution in [3.05, 3.63) is 35.9 Å². The van der Waals surface area contributed by atoms with Gasteiger partial charge in [0.15, 0.2) is 5.96 Å². The van der Waals surface area contributed by atoms with Gasteiger partial charge in [-0.2, -0.15) is 0 Å². The Hall–Kier alpha value is -2.12. The molecule has 1 aromatic carbocycles. The van der Waals surface area contributed by atoms with Gasteiger partial charge in [0.05, 0.1) is 19.3 Å². The van der Waals surface area contributed by atoms with E-state index in [2.05, 4.69) is 34.7 Å². The Kier molecular flexibility index (Phi) is 10.5. The highest BCUT2D eigenvalue weighted by atomic mass is 16.5. The number of amides is 1. The van der Waals surface area contributed by atoms with Crippen molar-refractivity contribution in [2.45, 2.75) is 38.9 Å². The second-order valence-corrected chi connectivity index (χ2v) is 7.81. The minimum absolute atomic E-state index is 0.0285. The second-order valence-electron chi connectivity index (χ2n) is 7.81. The Morgan fingerprint density at radius 2 is 2.07 bits per heavy atom. The minimum atomic E-state index is -0.0285. The van der Waals surface area contributed by atoms with Crippen molar-refractivity contribution in [1.29, 1.82) is 0 Å². The molecule has 2 rings (SSSR count). The quantitative estimate of drug-likeness (QED) is 0.461. The fourth-order valence-electron chi connectivity index (χ4n) is 2.92. The Morgan fingerprint density at radius 3 is 2.76 bits per heavy atom. The van der Waals surface area contributed by atoms with Gasteiger partial charge in [0, 0.05) is 33.8 Å². The standard InChI is InChI=1S/C22H36N4O3/c1-18(16-28-17-19-9-5-4-6-10-19)13-23-22(25-15-21(27)26(2)3)24-14-20-11-7-8-12-29-20/h4-6,9-10,18,20H,7-8,11-17H2,1-3H3,(H2,23,24,25). The van der Waals surface area contributed by atoms with Gasteiger partial charge in [-0.1, -0.05) is 37.3 Å². The molecule has 0 radical (unpaired) electrons. The molecule has 1 aromatic rings. The Morgan fingerprint density at radius 1 is 1.28 bits per heavy atom. The van der Waals surface area contributed by atoms with Crippen molar-refractivity contribution in [3.63, 3.8) is 0 Å². The van der Waals surface area contributed by atoms with Crippen molar-refractivity contribution in [1.82, 2.24) is 15.5 Å². The van der Waals surface area contributed by atoms with Crippen LogP contribution in [0.5, 0.6) is 0 Å². The van der Waals surface area contributed by atoms with Crippen LogP contribution >= 0.6 is 0 Å². The van der Waals surface area contributed by atoms with E-state index in [1.165, 1.54) is 12.0 Å². The zero-order valence-electron chi connectivity index (χ0n) is 18.0. The van der Waals surface area contributed by atoms with E-state index in [1.807, 2.05) is 18.2 Å². The number of carbonyl (C=O) groups excluding carboxylic acids is 1. The van der Waals surface area contributed by atoms with Gasteiger partial charge in [0.1, 0.15) is 6.54 Å². The van der Waals surface area contributed by atoms with Gasteiger partial charge in [-0.25, -0.2) is 4.99 Å². The first-order valence-corrected chi connectivity index (χ1v) is 10.5. The molecule has 0 aromatic heterocycles. The van der Waals surface area contributed by atoms with Gasteiger partial charge >= 0.3 is 0 Å². The van der Waals surface area contributed by atoms with Crippen LogP contribution in [0.25, 0.3) is 0 Å². The molecule has 7 nitrogen and oxygen atoms in total. The lowest BCUT2D eigenvalue weighted by molar-refractivity contribution is -0.127. The molecule has 2 atom stereocenters. The second kappa shape index (κ2) is 13.2. The van der Waals surface area contributed by atoms with Crippen LogP contribution in [-0.4, -0.2) is 69.8 Å². The van der Waals surface area contributed by atoms with Gasteiger partial charge in [0.25, 0.3) is 0 Å². The summed E-state index contributed by atoms with van der Waals surface area (Å²) in [6, 6.07) is 10.2. The number of nitrogens with one attached hydrogen (secondary N) is 2. The van der Waals surface area contributed by atoms with E-state index in [4.69, 9.17) is 9.47 Å². The van der Waals surface area contributed by atoms with E-state index in [0.717, 1.165) is 19.4 Å². The number of benzene rings is 1. The number of ether oxygens (including phenoxy) is 2. The fraction of sp³-hybridized carbons (Fsp3) is 0.636. The molecule has 1 aliphatic heterocycles. The van der Waals surface area contributed by atoms with Crippen molar-refractivity contribution >= 4 is 11.9 Å². The first-order valence-electron chi connectivity index (χ1n) is 10.5. The summed E-state index contributed by atoms with van der Waals surface area (Å²) in [5, 5.41) is 6.66. The zero-order chi connectivity index (χ0) is 20.9. The molecule has 2 unspecified atom stereocenters. The average molecular weight is 405 g/mol. The summed E-state index contributed by atoms with van der Waals surface area (Å²) >= 11 is 0. The summed E-state index contributed by atoms with van der Waals surface area (Å²) in [6.45, 7) is 5.74. The van der Waals surface area contributed by atoms with Crippen molar-refractivity contribution < 1.29 is 14.3 Å². The molecule has 1 aliphatic rings. The Balaban J connectivity index is 1.76. The summed E-state index contributed by atoms with van der Waals surface area (Å²) in [5.41, 5.74) is 1.17. The van der Waals surface area contributed by atoms with Gasteiger partial charge < -0.3 is 25.0 Å². The number of hydrogen-bond donors (Lipinski definition) is 2. The third kappa shape index (κ3) is 9.76. The van der Waals surface area contributed by atoms with Crippen molar-refractivity contribution in [3.8, 4) is 0 Å². The number of aliphatic imine (C=N–C) groups is 1. The molecule has 1 amide bonds. The smallest absolute Gasteiger partial charge is 0.243 e. The highest BCUT2D eigenvalue weighted by Gasteiger charge is 2.15. The third-order valence-corrected chi connectivity index (χ3v) is 4.77. The number of guanidine groups is 1. The number of likely N-dealkylation sites (N-methyl/N-ethyl adjacent to an activating group) is 1. The molecule has 1 fully saturated rings. The molecule has 29 heavy (non-hydrogen) atoms. The van der Waals surface area contributed by atoms with Crippen molar-refractivity contribution in [2.24, 2.45) is 10.9 Å². The largest absolute Gasteiger partial charge is 0.376 e. The fourth-order valence-corrected chi connectivity index (χ4v) is 2.92. The summed E-state index contributed by atoms with van der Waals surface area (Å²) < 4.78 is 11.6. The van der Waals surface area contributed by atoms with E-state index in [-0.39, 0.29) is 18.6 Å². The van der Waals surface area contributed by atoms with E-state index in [1.54, 1.807) is 19.0 Å². The van der Waals surface area contributed by atoms with Crippen LogP contribution in [0, 0.1) is 5.92 Å². The maximum atomic E-state index is 11.9. The maximum Gasteiger partial charge on any atom is 0.243 e. The third-order valence-electron chi connectivity index (χ3n) is 4.77. The topological polar surface area (TPSA) is 75.2 Å². The van der Waals surface area contributed by atoms with Gasteiger partial charge in [0.2, 0.25) is 5.91 Å². The maximum absolute atomic E-state index is 11.9. The highest BCUT2D eigenvalue weighted by molar-refractivity contribution is 5.84. The van der Waals surface area contributed by atoms with E-state index >= 15 is 0 Å². The lowest BCUT2D eigenvalue weighted by atomic mass is 10.1. The normalized spacial score (nSPS) is 18.2. The molecule has 0 spiro atoms. The SMILES string of the molecule is CC(CNC(=NCC(=O)N(C)C)NCC1CCCCO1)COCc1ccccc1. The molecule has 1 saturated heterocycles. The van der Waals surface area contributed by atoms with Gasteiger partial charge in [-0.15, -0.1) is 0 Å². The summed E-state index contributed by atoms with van der Waals surface area (Å²) in [7, 11) is 3.47. The molecule has 1 heterocycles. The molecular weight excluding hydrogens is 368 g/mol. The molecule has 0 aliphatic carbocycles. The summed E-state index contributed by atoms with van der Waals surface area (Å²) in [5.74, 6) is 0.921. The number of hydrogen-bond acceptors (Lipinski definition) is 4. The molecular formula is C22H36N4O3. The zero-order valence-corrected chi connectivity index (χ0v) is 18.0. The summed E-state index contributed by atoms with van der Waals surface area (Å²) in [4.78, 5) is 17.9.